The van der Waals surface area contributed by atoms with E-state index in [1.165, 1.54) is 18.2 Å². The third-order valence-electron chi connectivity index (χ3n) is 3.46. The van der Waals surface area contributed by atoms with Crippen LogP contribution in [0.15, 0.2) is 40.8 Å². The number of hydrogen-bond donors (Lipinski definition) is 2. The van der Waals surface area contributed by atoms with Crippen molar-refractivity contribution in [3.8, 4) is 11.3 Å². The van der Waals surface area contributed by atoms with E-state index in [4.69, 9.17) is 9.52 Å². The molecule has 0 spiro atoms. The molecule has 23 heavy (non-hydrogen) atoms. The highest BCUT2D eigenvalue weighted by molar-refractivity contribution is 5.92. The molecule has 1 aromatic carbocycles. The fraction of sp³-hybridized carbons (Fsp3) is 0.294. The maximum atomic E-state index is 13.7. The average Bonchev–Trinajstić information content (AvgIpc) is 3.01. The quantitative estimate of drug-likeness (QED) is 0.820. The van der Waals surface area contributed by atoms with E-state index < -0.39 is 23.6 Å². The third-order valence-corrected chi connectivity index (χ3v) is 3.46. The molecule has 0 fully saturated rings. The van der Waals surface area contributed by atoms with Crippen molar-refractivity contribution < 1.29 is 23.5 Å². The monoisotopic (exact) mass is 319 g/mol. The lowest BCUT2D eigenvalue weighted by Crippen LogP contribution is -2.32. The first-order valence-electron chi connectivity index (χ1n) is 7.38. The molecule has 5 nitrogen and oxygen atoms in total. The zero-order chi connectivity index (χ0) is 16.8. The van der Waals surface area contributed by atoms with Gasteiger partial charge in [0.1, 0.15) is 11.6 Å². The maximum absolute atomic E-state index is 13.7. The number of carbonyl (C=O) groups is 2. The van der Waals surface area contributed by atoms with E-state index in [0.29, 0.717) is 12.8 Å². The van der Waals surface area contributed by atoms with Gasteiger partial charge in [0.05, 0.1) is 11.5 Å². The number of furan rings is 1. The van der Waals surface area contributed by atoms with Gasteiger partial charge in [0.15, 0.2) is 5.76 Å². The first-order chi connectivity index (χ1) is 11.0. The number of benzene rings is 1. The minimum Gasteiger partial charge on any atom is -0.481 e. The van der Waals surface area contributed by atoms with Crippen LogP contribution in [-0.2, 0) is 4.79 Å². The third kappa shape index (κ3) is 4.18. The molecule has 122 valence electrons. The standard InChI is InChI=1S/C17H18FNO4/c1-2-5-11(17(21)22)10-19-16(20)15-9-8-14(23-15)12-6-3-4-7-13(12)18/h3-4,6-9,11H,2,5,10H2,1H3,(H,19,20)(H,21,22). The van der Waals surface area contributed by atoms with Crippen molar-refractivity contribution in [3.05, 3.63) is 48.0 Å². The maximum Gasteiger partial charge on any atom is 0.308 e. The van der Waals surface area contributed by atoms with Crippen LogP contribution in [0.5, 0.6) is 0 Å². The van der Waals surface area contributed by atoms with Gasteiger partial charge in [-0.2, -0.15) is 0 Å². The van der Waals surface area contributed by atoms with Crippen LogP contribution in [0.25, 0.3) is 11.3 Å². The largest absolute Gasteiger partial charge is 0.481 e. The van der Waals surface area contributed by atoms with E-state index in [-0.39, 0.29) is 23.6 Å². The fourth-order valence-electron chi connectivity index (χ4n) is 2.23. The van der Waals surface area contributed by atoms with Crippen LogP contribution in [0.4, 0.5) is 4.39 Å². The Morgan fingerprint density at radius 2 is 2.00 bits per heavy atom. The first-order valence-corrected chi connectivity index (χ1v) is 7.38. The second kappa shape index (κ2) is 7.58. The number of amides is 1. The first kappa shape index (κ1) is 16.7. The van der Waals surface area contributed by atoms with Gasteiger partial charge in [-0.05, 0) is 30.7 Å². The Labute approximate surface area is 133 Å². The predicted molar refractivity (Wildman–Crippen MR) is 82.5 cm³/mol. The second-order valence-corrected chi connectivity index (χ2v) is 5.18. The van der Waals surface area contributed by atoms with Gasteiger partial charge in [-0.25, -0.2) is 4.39 Å². The van der Waals surface area contributed by atoms with Gasteiger partial charge in [-0.15, -0.1) is 0 Å². The van der Waals surface area contributed by atoms with E-state index in [1.807, 2.05) is 6.92 Å². The highest BCUT2D eigenvalue weighted by atomic mass is 19.1. The lowest BCUT2D eigenvalue weighted by Gasteiger charge is -2.11. The van der Waals surface area contributed by atoms with Crippen molar-refractivity contribution in [1.82, 2.24) is 5.32 Å². The summed E-state index contributed by atoms with van der Waals surface area (Å²) in [6.07, 6.45) is 1.19. The number of rotatable bonds is 7. The zero-order valence-corrected chi connectivity index (χ0v) is 12.7. The number of halogens is 1. The van der Waals surface area contributed by atoms with E-state index in [0.717, 1.165) is 0 Å². The van der Waals surface area contributed by atoms with Gasteiger partial charge < -0.3 is 14.8 Å². The van der Waals surface area contributed by atoms with Crippen LogP contribution >= 0.6 is 0 Å². The Kier molecular flexibility index (Phi) is 5.51. The molecule has 0 aliphatic carbocycles. The minimum atomic E-state index is -0.946. The number of nitrogens with one attached hydrogen (secondary N) is 1. The topological polar surface area (TPSA) is 79.5 Å². The molecule has 6 heteroatoms. The van der Waals surface area contributed by atoms with Gasteiger partial charge in [-0.3, -0.25) is 9.59 Å². The van der Waals surface area contributed by atoms with Crippen molar-refractivity contribution in [1.29, 1.82) is 0 Å². The number of aliphatic carboxylic acids is 1. The molecule has 1 atom stereocenters. The Morgan fingerprint density at radius 3 is 2.65 bits per heavy atom. The summed E-state index contributed by atoms with van der Waals surface area (Å²) in [5, 5.41) is 11.6. The van der Waals surface area contributed by atoms with Crippen molar-refractivity contribution in [2.75, 3.05) is 6.54 Å². The van der Waals surface area contributed by atoms with Crippen LogP contribution in [-0.4, -0.2) is 23.5 Å². The van der Waals surface area contributed by atoms with Crippen molar-refractivity contribution in [3.63, 3.8) is 0 Å². The minimum absolute atomic E-state index is 0.0175. The Balaban J connectivity index is 2.04. The van der Waals surface area contributed by atoms with Gasteiger partial charge in [-0.1, -0.05) is 25.5 Å². The summed E-state index contributed by atoms with van der Waals surface area (Å²) in [6, 6.07) is 9.04. The van der Waals surface area contributed by atoms with E-state index in [2.05, 4.69) is 5.32 Å². The molecular formula is C17H18FNO4. The molecule has 2 aromatic rings. The summed E-state index contributed by atoms with van der Waals surface area (Å²) < 4.78 is 19.1. The van der Waals surface area contributed by atoms with E-state index in [9.17, 15) is 14.0 Å². The Morgan fingerprint density at radius 1 is 1.26 bits per heavy atom. The SMILES string of the molecule is CCCC(CNC(=O)c1ccc(-c2ccccc2F)o1)C(=O)O. The van der Waals surface area contributed by atoms with Gasteiger partial charge in [0, 0.05) is 6.54 Å². The van der Waals surface area contributed by atoms with Crippen molar-refractivity contribution in [2.45, 2.75) is 19.8 Å². The molecular weight excluding hydrogens is 301 g/mol. The summed E-state index contributed by atoms with van der Waals surface area (Å²) in [4.78, 5) is 23.1. The highest BCUT2D eigenvalue weighted by Gasteiger charge is 2.19. The number of hydrogen-bond acceptors (Lipinski definition) is 3. The molecule has 0 aliphatic rings. The summed E-state index contributed by atoms with van der Waals surface area (Å²) >= 11 is 0. The van der Waals surface area contributed by atoms with Gasteiger partial charge in [0.25, 0.3) is 5.91 Å². The molecule has 1 unspecified atom stereocenters. The molecule has 0 bridgehead atoms. The van der Waals surface area contributed by atoms with Gasteiger partial charge >= 0.3 is 5.97 Å². The van der Waals surface area contributed by atoms with Crippen molar-refractivity contribution >= 4 is 11.9 Å². The molecule has 0 radical (unpaired) electrons. The summed E-state index contributed by atoms with van der Waals surface area (Å²) in [7, 11) is 0. The lowest BCUT2D eigenvalue weighted by atomic mass is 10.0. The second-order valence-electron chi connectivity index (χ2n) is 5.18. The molecule has 1 amide bonds. The summed E-state index contributed by atoms with van der Waals surface area (Å²) in [6.45, 7) is 1.91. The molecule has 0 aliphatic heterocycles. The highest BCUT2D eigenvalue weighted by Crippen LogP contribution is 2.24. The Bertz CT molecular complexity index is 695. The van der Waals surface area contributed by atoms with Crippen LogP contribution in [0.1, 0.15) is 30.3 Å². The lowest BCUT2D eigenvalue weighted by molar-refractivity contribution is -0.141. The number of carbonyl (C=O) groups excluding carboxylic acids is 1. The van der Waals surface area contributed by atoms with E-state index >= 15 is 0 Å². The molecule has 0 saturated carbocycles. The van der Waals surface area contributed by atoms with Crippen LogP contribution in [0.3, 0.4) is 0 Å². The molecule has 2 rings (SSSR count). The Hall–Kier alpha value is -2.63. The van der Waals surface area contributed by atoms with Gasteiger partial charge in [0.2, 0.25) is 0 Å². The van der Waals surface area contributed by atoms with Crippen LogP contribution in [0, 0.1) is 11.7 Å². The molecule has 1 aromatic heterocycles. The fourth-order valence-corrected chi connectivity index (χ4v) is 2.23. The van der Waals surface area contributed by atoms with Crippen LogP contribution in [0.2, 0.25) is 0 Å². The average molecular weight is 319 g/mol. The number of carboxylic acid groups (broad SMARTS) is 1. The molecule has 2 N–H and O–H groups in total. The summed E-state index contributed by atoms with van der Waals surface area (Å²) in [5.74, 6) is -2.28. The predicted octanol–water partition coefficient (Wildman–Crippen LogP) is 3.32. The molecule has 1 heterocycles. The molecule has 0 saturated heterocycles. The number of carboxylic acids is 1. The zero-order valence-electron chi connectivity index (χ0n) is 12.7. The summed E-state index contributed by atoms with van der Waals surface area (Å²) in [5.41, 5.74) is 0.265. The van der Waals surface area contributed by atoms with Crippen LogP contribution < -0.4 is 5.32 Å². The normalized spacial score (nSPS) is 11.9. The van der Waals surface area contributed by atoms with Crippen molar-refractivity contribution in [2.24, 2.45) is 5.92 Å². The van der Waals surface area contributed by atoms with E-state index in [1.54, 1.807) is 18.2 Å². The smallest absolute Gasteiger partial charge is 0.308 e.